The minimum absolute atomic E-state index is 0.104. The van der Waals surface area contributed by atoms with Crippen molar-refractivity contribution in [2.45, 2.75) is 6.92 Å². The number of amides is 3. The zero-order chi connectivity index (χ0) is 13.8. The van der Waals surface area contributed by atoms with E-state index in [0.29, 0.717) is 18.7 Å². The van der Waals surface area contributed by atoms with Crippen molar-refractivity contribution in [3.63, 3.8) is 0 Å². The Morgan fingerprint density at radius 3 is 2.95 bits per heavy atom. The standard InChI is InChI=1S/C14H15N3O2/c1-3-6-15-13(18)11-4-5-12(10(2)9-11)17-8-7-16-14(17)19/h1,4-5,9H,6-8H2,2H3,(H,15,18)(H,16,19). The zero-order valence-corrected chi connectivity index (χ0v) is 10.7. The van der Waals surface area contributed by atoms with Gasteiger partial charge in [0.1, 0.15) is 0 Å². The topological polar surface area (TPSA) is 61.4 Å². The predicted molar refractivity (Wildman–Crippen MR) is 73.1 cm³/mol. The van der Waals surface area contributed by atoms with Crippen molar-refractivity contribution in [1.29, 1.82) is 0 Å². The maximum absolute atomic E-state index is 11.8. The van der Waals surface area contributed by atoms with Crippen LogP contribution in [0.3, 0.4) is 0 Å². The van der Waals surface area contributed by atoms with Gasteiger partial charge in [0.05, 0.1) is 6.54 Å². The number of rotatable bonds is 3. The van der Waals surface area contributed by atoms with Gasteiger partial charge in [-0.1, -0.05) is 5.92 Å². The second-order valence-corrected chi connectivity index (χ2v) is 4.27. The fraction of sp³-hybridized carbons (Fsp3) is 0.286. The number of anilines is 1. The Bertz CT molecular complexity index is 560. The summed E-state index contributed by atoms with van der Waals surface area (Å²) in [5.74, 6) is 2.14. The van der Waals surface area contributed by atoms with Crippen LogP contribution < -0.4 is 15.5 Å². The molecule has 1 saturated heterocycles. The average molecular weight is 257 g/mol. The van der Waals surface area contributed by atoms with E-state index in [1.165, 1.54) is 0 Å². The minimum atomic E-state index is -0.210. The van der Waals surface area contributed by atoms with Gasteiger partial charge in [0, 0.05) is 24.3 Å². The van der Waals surface area contributed by atoms with E-state index in [-0.39, 0.29) is 18.5 Å². The number of urea groups is 1. The van der Waals surface area contributed by atoms with E-state index < -0.39 is 0 Å². The Hall–Kier alpha value is -2.48. The van der Waals surface area contributed by atoms with Gasteiger partial charge in [-0.05, 0) is 30.7 Å². The van der Waals surface area contributed by atoms with Gasteiger partial charge in [0.2, 0.25) is 0 Å². The number of carbonyl (C=O) groups is 2. The summed E-state index contributed by atoms with van der Waals surface area (Å²) in [5, 5.41) is 5.35. The Morgan fingerprint density at radius 2 is 2.37 bits per heavy atom. The van der Waals surface area contributed by atoms with Gasteiger partial charge < -0.3 is 10.6 Å². The predicted octanol–water partition coefficient (Wildman–Crippen LogP) is 0.888. The lowest BCUT2D eigenvalue weighted by molar-refractivity contribution is 0.0958. The van der Waals surface area contributed by atoms with Crippen molar-refractivity contribution in [3.8, 4) is 12.3 Å². The minimum Gasteiger partial charge on any atom is -0.341 e. The molecule has 0 aliphatic carbocycles. The fourth-order valence-electron chi connectivity index (χ4n) is 2.03. The lowest BCUT2D eigenvalue weighted by Gasteiger charge is -2.17. The van der Waals surface area contributed by atoms with E-state index in [4.69, 9.17) is 6.42 Å². The maximum Gasteiger partial charge on any atom is 0.322 e. The monoisotopic (exact) mass is 257 g/mol. The van der Waals surface area contributed by atoms with Crippen LogP contribution in [0.25, 0.3) is 0 Å². The van der Waals surface area contributed by atoms with Crippen molar-refractivity contribution in [2.75, 3.05) is 24.5 Å². The highest BCUT2D eigenvalue weighted by molar-refractivity contribution is 5.97. The van der Waals surface area contributed by atoms with Crippen LogP contribution in [0.5, 0.6) is 0 Å². The number of hydrogen-bond donors (Lipinski definition) is 2. The van der Waals surface area contributed by atoms with Crippen LogP contribution in [0.1, 0.15) is 15.9 Å². The fourth-order valence-corrected chi connectivity index (χ4v) is 2.03. The molecular weight excluding hydrogens is 242 g/mol. The molecule has 1 aromatic carbocycles. The highest BCUT2D eigenvalue weighted by Crippen LogP contribution is 2.22. The number of carbonyl (C=O) groups excluding carboxylic acids is 2. The highest BCUT2D eigenvalue weighted by Gasteiger charge is 2.22. The summed E-state index contributed by atoms with van der Waals surface area (Å²) in [6.45, 7) is 3.36. The molecule has 1 aliphatic rings. The number of aryl methyl sites for hydroxylation is 1. The summed E-state index contributed by atoms with van der Waals surface area (Å²) >= 11 is 0. The smallest absolute Gasteiger partial charge is 0.322 e. The van der Waals surface area contributed by atoms with E-state index in [1.807, 2.05) is 6.92 Å². The molecule has 5 nitrogen and oxygen atoms in total. The van der Waals surface area contributed by atoms with Gasteiger partial charge in [-0.2, -0.15) is 0 Å². The van der Waals surface area contributed by atoms with Crippen molar-refractivity contribution < 1.29 is 9.59 Å². The second kappa shape index (κ2) is 5.44. The first kappa shape index (κ1) is 13.0. The van der Waals surface area contributed by atoms with Crippen LogP contribution in [0.15, 0.2) is 18.2 Å². The average Bonchev–Trinajstić information content (AvgIpc) is 2.82. The van der Waals surface area contributed by atoms with Crippen LogP contribution >= 0.6 is 0 Å². The molecule has 1 aromatic rings. The number of hydrogen-bond acceptors (Lipinski definition) is 2. The maximum atomic E-state index is 11.8. The lowest BCUT2D eigenvalue weighted by atomic mass is 10.1. The summed E-state index contributed by atoms with van der Waals surface area (Å²) in [5.41, 5.74) is 2.24. The van der Waals surface area contributed by atoms with Gasteiger partial charge in [-0.25, -0.2) is 4.79 Å². The Balaban J connectivity index is 2.20. The Kier molecular flexibility index (Phi) is 3.71. The largest absolute Gasteiger partial charge is 0.341 e. The highest BCUT2D eigenvalue weighted by atomic mass is 16.2. The molecule has 2 rings (SSSR count). The molecule has 0 radical (unpaired) electrons. The van der Waals surface area contributed by atoms with Crippen molar-refractivity contribution in [1.82, 2.24) is 10.6 Å². The van der Waals surface area contributed by atoms with Crippen molar-refractivity contribution >= 4 is 17.6 Å². The molecule has 0 atom stereocenters. The molecule has 1 heterocycles. The Labute approximate surface area is 112 Å². The second-order valence-electron chi connectivity index (χ2n) is 4.27. The molecular formula is C14H15N3O2. The summed E-state index contributed by atoms with van der Waals surface area (Å²) in [4.78, 5) is 25.0. The third-order valence-corrected chi connectivity index (χ3v) is 2.96. The van der Waals surface area contributed by atoms with E-state index >= 15 is 0 Å². The molecule has 19 heavy (non-hydrogen) atoms. The number of nitrogens with zero attached hydrogens (tertiary/aromatic N) is 1. The molecule has 2 N–H and O–H groups in total. The summed E-state index contributed by atoms with van der Waals surface area (Å²) in [7, 11) is 0. The van der Waals surface area contributed by atoms with Gasteiger partial charge in [-0.15, -0.1) is 6.42 Å². The van der Waals surface area contributed by atoms with E-state index in [2.05, 4.69) is 16.6 Å². The lowest BCUT2D eigenvalue weighted by Crippen LogP contribution is -2.28. The third kappa shape index (κ3) is 2.68. The van der Waals surface area contributed by atoms with Crippen LogP contribution in [0, 0.1) is 19.3 Å². The molecule has 1 fully saturated rings. The zero-order valence-electron chi connectivity index (χ0n) is 10.7. The Morgan fingerprint density at radius 1 is 1.58 bits per heavy atom. The van der Waals surface area contributed by atoms with Crippen molar-refractivity contribution in [2.24, 2.45) is 0 Å². The quantitative estimate of drug-likeness (QED) is 0.790. The molecule has 0 saturated carbocycles. The summed E-state index contributed by atoms with van der Waals surface area (Å²) in [6.07, 6.45) is 5.09. The molecule has 5 heteroatoms. The number of nitrogens with one attached hydrogen (secondary N) is 2. The van der Waals surface area contributed by atoms with Crippen LogP contribution in [-0.4, -0.2) is 31.6 Å². The third-order valence-electron chi connectivity index (χ3n) is 2.96. The van der Waals surface area contributed by atoms with Crippen LogP contribution in [0.2, 0.25) is 0 Å². The molecule has 0 aromatic heterocycles. The normalized spacial score (nSPS) is 13.9. The van der Waals surface area contributed by atoms with Gasteiger partial charge in [-0.3, -0.25) is 9.69 Å². The van der Waals surface area contributed by atoms with E-state index in [9.17, 15) is 9.59 Å². The molecule has 1 aliphatic heterocycles. The van der Waals surface area contributed by atoms with Gasteiger partial charge >= 0.3 is 6.03 Å². The first-order valence-corrected chi connectivity index (χ1v) is 6.01. The molecule has 0 bridgehead atoms. The number of benzene rings is 1. The van der Waals surface area contributed by atoms with Crippen LogP contribution in [-0.2, 0) is 0 Å². The number of terminal acetylenes is 1. The molecule has 3 amide bonds. The first-order chi connectivity index (χ1) is 9.13. The van der Waals surface area contributed by atoms with E-state index in [0.717, 1.165) is 11.3 Å². The summed E-state index contributed by atoms with van der Waals surface area (Å²) in [6, 6.07) is 5.13. The molecule has 98 valence electrons. The molecule has 0 unspecified atom stereocenters. The van der Waals surface area contributed by atoms with Crippen molar-refractivity contribution in [3.05, 3.63) is 29.3 Å². The van der Waals surface area contributed by atoms with Crippen LogP contribution in [0.4, 0.5) is 10.5 Å². The van der Waals surface area contributed by atoms with E-state index in [1.54, 1.807) is 23.1 Å². The summed E-state index contributed by atoms with van der Waals surface area (Å²) < 4.78 is 0. The van der Waals surface area contributed by atoms with Gasteiger partial charge in [0.25, 0.3) is 5.91 Å². The van der Waals surface area contributed by atoms with Gasteiger partial charge in [0.15, 0.2) is 0 Å². The SMILES string of the molecule is C#CCNC(=O)c1ccc(N2CCNC2=O)c(C)c1. The molecule has 0 spiro atoms. The first-order valence-electron chi connectivity index (χ1n) is 6.01.